The maximum Gasteiger partial charge on any atom is 0.172 e. The lowest BCUT2D eigenvalue weighted by Crippen LogP contribution is -2.60. The molecule has 3 aromatic carbocycles. The topological polar surface area (TPSA) is 30.9 Å². The van der Waals surface area contributed by atoms with Crippen molar-refractivity contribution in [1.29, 1.82) is 0 Å². The van der Waals surface area contributed by atoms with Crippen LogP contribution >= 0.6 is 0 Å². The zero-order valence-corrected chi connectivity index (χ0v) is 25.4. The molecule has 0 fully saturated rings. The second-order valence-corrected chi connectivity index (χ2v) is 11.5. The van der Waals surface area contributed by atoms with Crippen molar-refractivity contribution in [2.45, 2.75) is 116 Å². The minimum Gasteiger partial charge on any atom is -0.278 e. The molecule has 0 amide bonds. The second-order valence-electron chi connectivity index (χ2n) is 11.5. The van der Waals surface area contributed by atoms with Crippen LogP contribution in [0.15, 0.2) is 96.1 Å². The van der Waals surface area contributed by atoms with Crippen LogP contribution in [0.4, 0.5) is 11.4 Å². The van der Waals surface area contributed by atoms with E-state index in [0.717, 1.165) is 29.2 Å². The van der Waals surface area contributed by atoms with Gasteiger partial charge in [-0.25, -0.2) is 5.01 Å². The lowest BCUT2D eigenvalue weighted by Gasteiger charge is -2.44. The SMILES string of the molecule is CCCCCCCCCCCCCCCCCC1N(c2ccccc2)N=C(c2ccccc2)NN1c1ccccc1. The Balaban J connectivity index is 1.28. The molecular weight excluding hydrogens is 500 g/mol. The second kappa shape index (κ2) is 18.2. The van der Waals surface area contributed by atoms with Gasteiger partial charge in [-0.15, -0.1) is 0 Å². The Morgan fingerprint density at radius 2 is 0.976 bits per heavy atom. The summed E-state index contributed by atoms with van der Waals surface area (Å²) in [6.07, 6.45) is 21.9. The molecule has 4 heteroatoms. The number of benzene rings is 3. The highest BCUT2D eigenvalue weighted by atomic mass is 15.7. The van der Waals surface area contributed by atoms with Crippen LogP contribution in [0.25, 0.3) is 0 Å². The molecule has 0 saturated carbocycles. The Bertz CT molecular complexity index is 1100. The van der Waals surface area contributed by atoms with E-state index >= 15 is 0 Å². The number of unbranched alkanes of at least 4 members (excludes halogenated alkanes) is 14. The first-order valence-corrected chi connectivity index (χ1v) is 16.5. The van der Waals surface area contributed by atoms with Gasteiger partial charge in [-0.3, -0.25) is 10.4 Å². The summed E-state index contributed by atoms with van der Waals surface area (Å²) in [6.45, 7) is 2.30. The first-order valence-electron chi connectivity index (χ1n) is 16.5. The van der Waals surface area contributed by atoms with Crippen LogP contribution in [0.2, 0.25) is 0 Å². The summed E-state index contributed by atoms with van der Waals surface area (Å²) in [5.41, 5.74) is 7.04. The largest absolute Gasteiger partial charge is 0.278 e. The third-order valence-electron chi connectivity index (χ3n) is 8.18. The quantitative estimate of drug-likeness (QED) is 0.150. The number of hydrogen-bond donors (Lipinski definition) is 1. The fraction of sp³-hybridized carbons (Fsp3) is 0.486. The number of para-hydroxylation sites is 2. The van der Waals surface area contributed by atoms with Gasteiger partial charge in [-0.1, -0.05) is 164 Å². The lowest BCUT2D eigenvalue weighted by atomic mass is 10.0. The summed E-state index contributed by atoms with van der Waals surface area (Å²) in [4.78, 5) is 0. The van der Waals surface area contributed by atoms with E-state index in [9.17, 15) is 0 Å². The minimum atomic E-state index is 0.0919. The van der Waals surface area contributed by atoms with E-state index < -0.39 is 0 Å². The van der Waals surface area contributed by atoms with Gasteiger partial charge >= 0.3 is 0 Å². The van der Waals surface area contributed by atoms with Crippen molar-refractivity contribution in [2.24, 2.45) is 5.10 Å². The molecule has 1 aliphatic rings. The van der Waals surface area contributed by atoms with Crippen LogP contribution in [-0.2, 0) is 0 Å². The maximum atomic E-state index is 5.17. The minimum absolute atomic E-state index is 0.0919. The Morgan fingerprint density at radius 3 is 1.49 bits per heavy atom. The van der Waals surface area contributed by atoms with Gasteiger partial charge in [-0.05, 0) is 37.1 Å². The van der Waals surface area contributed by atoms with Gasteiger partial charge in [0.15, 0.2) is 5.84 Å². The van der Waals surface area contributed by atoms with Crippen molar-refractivity contribution in [2.75, 3.05) is 10.0 Å². The first kappa shape index (κ1) is 30.7. The average Bonchev–Trinajstić information content (AvgIpc) is 3.04. The van der Waals surface area contributed by atoms with Crippen molar-refractivity contribution in [3.63, 3.8) is 0 Å². The summed E-state index contributed by atoms with van der Waals surface area (Å²) in [5, 5.41) is 9.69. The summed E-state index contributed by atoms with van der Waals surface area (Å²) in [6, 6.07) is 31.7. The van der Waals surface area contributed by atoms with Gasteiger partial charge in [0, 0.05) is 5.56 Å². The highest BCUT2D eigenvalue weighted by Gasteiger charge is 2.31. The number of nitrogens with one attached hydrogen (secondary N) is 1. The molecule has 0 spiro atoms. The zero-order chi connectivity index (χ0) is 28.4. The molecule has 0 aromatic heterocycles. The van der Waals surface area contributed by atoms with E-state index in [1.807, 2.05) is 0 Å². The van der Waals surface area contributed by atoms with Crippen molar-refractivity contribution < 1.29 is 0 Å². The molecule has 4 nitrogen and oxygen atoms in total. The van der Waals surface area contributed by atoms with Gasteiger partial charge in [-0.2, -0.15) is 5.10 Å². The van der Waals surface area contributed by atoms with Crippen LogP contribution in [0, 0.1) is 0 Å². The van der Waals surface area contributed by atoms with Gasteiger partial charge in [0.05, 0.1) is 11.4 Å². The summed E-state index contributed by atoms with van der Waals surface area (Å²) in [5.74, 6) is 0.867. The van der Waals surface area contributed by atoms with E-state index in [1.165, 1.54) is 96.3 Å². The van der Waals surface area contributed by atoms with E-state index in [0.29, 0.717) is 0 Å². The number of anilines is 2. The molecule has 0 bridgehead atoms. The van der Waals surface area contributed by atoms with Crippen LogP contribution in [-0.4, -0.2) is 12.0 Å². The van der Waals surface area contributed by atoms with E-state index in [1.54, 1.807) is 0 Å². The zero-order valence-electron chi connectivity index (χ0n) is 25.4. The molecule has 0 aliphatic carbocycles. The third-order valence-corrected chi connectivity index (χ3v) is 8.18. The molecule has 1 aliphatic heterocycles. The van der Waals surface area contributed by atoms with E-state index in [-0.39, 0.29) is 6.17 Å². The van der Waals surface area contributed by atoms with Crippen LogP contribution in [0.3, 0.4) is 0 Å². The van der Waals surface area contributed by atoms with Crippen molar-refractivity contribution in [3.05, 3.63) is 96.6 Å². The number of amidine groups is 1. The molecule has 1 atom stereocenters. The summed E-state index contributed by atoms with van der Waals surface area (Å²) in [7, 11) is 0. The van der Waals surface area contributed by atoms with Crippen LogP contribution in [0.1, 0.15) is 115 Å². The van der Waals surface area contributed by atoms with Gasteiger partial charge < -0.3 is 0 Å². The third kappa shape index (κ3) is 10.3. The summed E-state index contributed by atoms with van der Waals surface area (Å²) >= 11 is 0. The molecule has 0 saturated heterocycles. The molecule has 0 radical (unpaired) electrons. The molecule has 1 heterocycles. The van der Waals surface area contributed by atoms with Crippen molar-refractivity contribution in [3.8, 4) is 0 Å². The molecule has 3 aromatic rings. The number of hydrazone groups is 1. The predicted octanol–water partition coefficient (Wildman–Crippen LogP) is 10.5. The predicted molar refractivity (Wildman–Crippen MR) is 177 cm³/mol. The number of rotatable bonds is 19. The Hall–Kier alpha value is -3.27. The fourth-order valence-electron chi connectivity index (χ4n) is 5.80. The summed E-state index contributed by atoms with van der Waals surface area (Å²) < 4.78 is 0. The number of nitrogens with zero attached hydrogens (tertiary/aromatic N) is 3. The van der Waals surface area contributed by atoms with Crippen molar-refractivity contribution >= 4 is 17.2 Å². The maximum absolute atomic E-state index is 5.17. The molecule has 1 unspecified atom stereocenters. The first-order chi connectivity index (χ1) is 20.4. The van der Waals surface area contributed by atoms with Crippen molar-refractivity contribution in [1.82, 2.24) is 5.43 Å². The molecule has 4 rings (SSSR count). The molecule has 220 valence electrons. The highest BCUT2D eigenvalue weighted by molar-refractivity contribution is 6.01. The Labute approximate surface area is 249 Å². The standard InChI is InChI=1S/C37H52N4/c1-2-3-4-5-6-7-8-9-10-11-12-13-14-15-25-32-36-40(34-28-21-17-22-29-34)38-37(33-26-19-16-20-27-33)39-41(36)35-30-23-18-24-31-35/h16-24,26-31,36H,2-15,25,32H2,1H3,(H,38,39). The highest BCUT2D eigenvalue weighted by Crippen LogP contribution is 2.29. The molecule has 41 heavy (non-hydrogen) atoms. The lowest BCUT2D eigenvalue weighted by molar-refractivity contribution is 0.457. The smallest absolute Gasteiger partial charge is 0.172 e. The monoisotopic (exact) mass is 552 g/mol. The van der Waals surface area contributed by atoms with E-state index in [4.69, 9.17) is 5.10 Å². The van der Waals surface area contributed by atoms with E-state index in [2.05, 4.69) is 113 Å². The Morgan fingerprint density at radius 1 is 0.537 bits per heavy atom. The average molecular weight is 553 g/mol. The van der Waals surface area contributed by atoms with Gasteiger partial charge in [0.25, 0.3) is 0 Å². The van der Waals surface area contributed by atoms with Crippen LogP contribution in [0.5, 0.6) is 0 Å². The van der Waals surface area contributed by atoms with Crippen LogP contribution < -0.4 is 15.4 Å². The normalized spacial score (nSPS) is 15.0. The fourth-order valence-corrected chi connectivity index (χ4v) is 5.80. The molecule has 1 N–H and O–H groups in total. The van der Waals surface area contributed by atoms with Gasteiger partial charge in [0.2, 0.25) is 0 Å². The Kier molecular flexibility index (Phi) is 13.6. The number of hydrogen-bond acceptors (Lipinski definition) is 4. The molecular formula is C37H52N4. The number of hydrazine groups is 1. The van der Waals surface area contributed by atoms with Gasteiger partial charge in [0.1, 0.15) is 6.17 Å².